The van der Waals surface area contributed by atoms with Crippen LogP contribution in [0.25, 0.3) is 0 Å². The molecule has 1 aromatic carbocycles. The molecule has 1 heterocycles. The third kappa shape index (κ3) is 2.80. The zero-order valence-electron chi connectivity index (χ0n) is 11.8. The van der Waals surface area contributed by atoms with Crippen LogP contribution in [0.2, 0.25) is 0 Å². The van der Waals surface area contributed by atoms with Crippen molar-refractivity contribution in [3.05, 3.63) is 58.3 Å². The first-order chi connectivity index (χ1) is 9.67. The highest BCUT2D eigenvalue weighted by atomic mass is 32.1. The van der Waals surface area contributed by atoms with Crippen molar-refractivity contribution < 1.29 is 5.11 Å². The average Bonchev–Trinajstić information content (AvgIpc) is 2.93. The van der Waals surface area contributed by atoms with Gasteiger partial charge in [-0.1, -0.05) is 36.4 Å². The highest BCUT2D eigenvalue weighted by molar-refractivity contribution is 7.10. The van der Waals surface area contributed by atoms with E-state index >= 15 is 0 Å². The minimum absolute atomic E-state index is 0.490. The van der Waals surface area contributed by atoms with Gasteiger partial charge in [-0.2, -0.15) is 0 Å². The Labute approximate surface area is 124 Å². The van der Waals surface area contributed by atoms with Crippen LogP contribution >= 0.6 is 11.3 Å². The van der Waals surface area contributed by atoms with Crippen molar-refractivity contribution in [3.63, 3.8) is 0 Å². The van der Waals surface area contributed by atoms with Crippen LogP contribution in [0.4, 0.5) is 0 Å². The smallest absolute Gasteiger partial charge is 0.108 e. The Kier molecular flexibility index (Phi) is 3.92. The fourth-order valence-corrected chi connectivity index (χ4v) is 3.63. The second-order valence-corrected chi connectivity index (χ2v) is 6.78. The number of rotatable bonds is 5. The molecule has 0 unspecified atom stereocenters. The van der Waals surface area contributed by atoms with Crippen LogP contribution < -0.4 is 5.32 Å². The van der Waals surface area contributed by atoms with Gasteiger partial charge in [-0.05, 0) is 42.7 Å². The van der Waals surface area contributed by atoms with E-state index in [0.29, 0.717) is 18.5 Å². The lowest BCUT2D eigenvalue weighted by molar-refractivity contribution is 0.0519. The Bertz CT molecular complexity index is 535. The first kappa shape index (κ1) is 13.8. The summed E-state index contributed by atoms with van der Waals surface area (Å²) >= 11 is 1.61. The number of hydrogen-bond donors (Lipinski definition) is 2. The molecule has 1 fully saturated rings. The van der Waals surface area contributed by atoms with Crippen LogP contribution in [0.5, 0.6) is 0 Å². The summed E-state index contributed by atoms with van der Waals surface area (Å²) in [4.78, 5) is 1.03. The van der Waals surface area contributed by atoms with Gasteiger partial charge in [0.25, 0.3) is 0 Å². The van der Waals surface area contributed by atoms with Gasteiger partial charge in [0, 0.05) is 17.5 Å². The number of benzene rings is 1. The van der Waals surface area contributed by atoms with E-state index in [0.717, 1.165) is 4.88 Å². The predicted molar refractivity (Wildman–Crippen MR) is 84.1 cm³/mol. The molecular formula is C17H21NOS. The van der Waals surface area contributed by atoms with E-state index in [4.69, 9.17) is 0 Å². The number of hydrogen-bond acceptors (Lipinski definition) is 3. The van der Waals surface area contributed by atoms with Crippen LogP contribution in [0.1, 0.15) is 36.1 Å². The van der Waals surface area contributed by atoms with Gasteiger partial charge in [-0.25, -0.2) is 0 Å². The van der Waals surface area contributed by atoms with Crippen molar-refractivity contribution >= 4 is 11.3 Å². The molecule has 20 heavy (non-hydrogen) atoms. The van der Waals surface area contributed by atoms with Gasteiger partial charge in [-0.15, -0.1) is 11.3 Å². The molecule has 0 amide bonds. The molecule has 106 valence electrons. The highest BCUT2D eigenvalue weighted by Crippen LogP contribution is 2.37. The summed E-state index contributed by atoms with van der Waals surface area (Å²) in [6.07, 6.45) is 2.43. The first-order valence-electron chi connectivity index (χ1n) is 7.21. The van der Waals surface area contributed by atoms with E-state index in [9.17, 15) is 5.11 Å². The van der Waals surface area contributed by atoms with Crippen molar-refractivity contribution in [3.8, 4) is 0 Å². The van der Waals surface area contributed by atoms with Gasteiger partial charge in [-0.3, -0.25) is 0 Å². The van der Waals surface area contributed by atoms with E-state index in [1.807, 2.05) is 24.4 Å². The van der Waals surface area contributed by atoms with Gasteiger partial charge >= 0.3 is 0 Å². The van der Waals surface area contributed by atoms with Crippen molar-refractivity contribution in [2.24, 2.45) is 0 Å². The fourth-order valence-electron chi connectivity index (χ4n) is 2.85. The minimum Gasteiger partial charge on any atom is -0.383 e. The molecule has 2 aromatic rings. The Morgan fingerprint density at radius 1 is 1.20 bits per heavy atom. The lowest BCUT2D eigenvalue weighted by atomic mass is 9.75. The molecule has 3 rings (SSSR count). The summed E-state index contributed by atoms with van der Waals surface area (Å²) in [5, 5.41) is 16.1. The molecule has 0 spiro atoms. The maximum absolute atomic E-state index is 10.5. The SMILES string of the molecule is C[C@](O)(CN[C@@H]1CC[C@@H]1c1ccccc1)c1cccs1. The monoisotopic (exact) mass is 287 g/mol. The van der Waals surface area contributed by atoms with Crippen LogP contribution in [0.3, 0.4) is 0 Å². The summed E-state index contributed by atoms with van der Waals surface area (Å²) in [5.41, 5.74) is 0.636. The summed E-state index contributed by atoms with van der Waals surface area (Å²) in [6.45, 7) is 2.50. The molecule has 1 aliphatic rings. The van der Waals surface area contributed by atoms with E-state index in [-0.39, 0.29) is 0 Å². The van der Waals surface area contributed by atoms with Crippen molar-refractivity contribution in [1.29, 1.82) is 0 Å². The maximum Gasteiger partial charge on any atom is 0.108 e. The molecule has 0 bridgehead atoms. The number of aliphatic hydroxyl groups is 1. The maximum atomic E-state index is 10.5. The van der Waals surface area contributed by atoms with Crippen LogP contribution in [0.15, 0.2) is 47.8 Å². The molecule has 2 nitrogen and oxygen atoms in total. The lowest BCUT2D eigenvalue weighted by Gasteiger charge is -2.39. The Balaban J connectivity index is 1.59. The average molecular weight is 287 g/mol. The highest BCUT2D eigenvalue weighted by Gasteiger charge is 2.34. The van der Waals surface area contributed by atoms with Crippen molar-refractivity contribution in [2.75, 3.05) is 6.54 Å². The Hall–Kier alpha value is -1.16. The normalized spacial score (nSPS) is 24.9. The predicted octanol–water partition coefficient (Wildman–Crippen LogP) is 3.49. The largest absolute Gasteiger partial charge is 0.383 e. The summed E-state index contributed by atoms with van der Waals surface area (Å²) in [6, 6.07) is 15.2. The fraction of sp³-hybridized carbons (Fsp3) is 0.412. The second-order valence-electron chi connectivity index (χ2n) is 5.83. The zero-order valence-corrected chi connectivity index (χ0v) is 12.6. The minimum atomic E-state index is -0.773. The van der Waals surface area contributed by atoms with Gasteiger partial charge in [0.05, 0.1) is 0 Å². The van der Waals surface area contributed by atoms with Crippen LogP contribution in [0, 0.1) is 0 Å². The number of thiophene rings is 1. The summed E-state index contributed by atoms with van der Waals surface area (Å²) in [7, 11) is 0. The van der Waals surface area contributed by atoms with Gasteiger partial charge in [0.2, 0.25) is 0 Å². The molecule has 3 heteroatoms. The third-order valence-corrected chi connectivity index (χ3v) is 5.39. The zero-order chi connectivity index (χ0) is 14.0. The Morgan fingerprint density at radius 3 is 2.60 bits per heavy atom. The number of nitrogens with one attached hydrogen (secondary N) is 1. The third-order valence-electron chi connectivity index (χ3n) is 4.26. The van der Waals surface area contributed by atoms with Crippen molar-refractivity contribution in [2.45, 2.75) is 37.3 Å². The van der Waals surface area contributed by atoms with Crippen LogP contribution in [-0.4, -0.2) is 17.7 Å². The molecule has 1 aliphatic carbocycles. The lowest BCUT2D eigenvalue weighted by Crippen LogP contribution is -2.47. The van der Waals surface area contributed by atoms with E-state index in [2.05, 4.69) is 35.6 Å². The molecular weight excluding hydrogens is 266 g/mol. The molecule has 3 atom stereocenters. The van der Waals surface area contributed by atoms with Gasteiger partial charge < -0.3 is 10.4 Å². The summed E-state index contributed by atoms with van der Waals surface area (Å²) < 4.78 is 0. The van der Waals surface area contributed by atoms with Gasteiger partial charge in [0.1, 0.15) is 5.60 Å². The molecule has 0 aliphatic heterocycles. The molecule has 1 saturated carbocycles. The second kappa shape index (κ2) is 5.68. The quantitative estimate of drug-likeness (QED) is 0.882. The van der Waals surface area contributed by atoms with E-state index in [1.54, 1.807) is 11.3 Å². The van der Waals surface area contributed by atoms with Crippen LogP contribution in [-0.2, 0) is 5.60 Å². The van der Waals surface area contributed by atoms with Gasteiger partial charge in [0.15, 0.2) is 0 Å². The molecule has 0 saturated heterocycles. The first-order valence-corrected chi connectivity index (χ1v) is 8.09. The summed E-state index contributed by atoms with van der Waals surface area (Å²) in [5.74, 6) is 0.593. The molecule has 1 aromatic heterocycles. The molecule has 2 N–H and O–H groups in total. The topological polar surface area (TPSA) is 32.3 Å². The Morgan fingerprint density at radius 2 is 2.00 bits per heavy atom. The van der Waals surface area contributed by atoms with E-state index in [1.165, 1.54) is 18.4 Å². The van der Waals surface area contributed by atoms with E-state index < -0.39 is 5.60 Å². The van der Waals surface area contributed by atoms with Crippen molar-refractivity contribution in [1.82, 2.24) is 5.32 Å². The standard InChI is InChI=1S/C17H21NOS/c1-17(19,16-8-5-11-20-16)12-18-15-10-9-14(15)13-6-3-2-4-7-13/h2-8,11,14-15,18-19H,9-10,12H2,1H3/t14-,15-,17+/m1/s1. The molecule has 0 radical (unpaired) electrons.